The highest BCUT2D eigenvalue weighted by atomic mass is 35.5. The van der Waals surface area contributed by atoms with E-state index in [1.165, 1.54) is 0 Å². The molecule has 2 aromatic rings. The summed E-state index contributed by atoms with van der Waals surface area (Å²) in [6, 6.07) is 14.4. The normalized spacial score (nSPS) is 15.9. The molecule has 1 saturated heterocycles. The molecule has 5 nitrogen and oxygen atoms in total. The molecule has 0 aliphatic carbocycles. The van der Waals surface area contributed by atoms with Gasteiger partial charge in [0.1, 0.15) is 11.5 Å². The summed E-state index contributed by atoms with van der Waals surface area (Å²) in [5.41, 5.74) is 1.11. The van der Waals surface area contributed by atoms with E-state index in [0.717, 1.165) is 30.7 Å². The number of rotatable bonds is 6. The topological polar surface area (TPSA) is 58.6 Å². The smallest absolute Gasteiger partial charge is 0.243 e. The Hall–Kier alpha value is -1.60. The number of aryl methyl sites for hydroxylation is 1. The van der Waals surface area contributed by atoms with Crippen LogP contribution < -0.4 is 10.1 Å². The Kier molecular flexibility index (Phi) is 7.68. The summed E-state index contributed by atoms with van der Waals surface area (Å²) in [5, 5.41) is 3.17. The van der Waals surface area contributed by atoms with Crippen molar-refractivity contribution in [2.24, 2.45) is 5.92 Å². The monoisotopic (exact) mass is 410 g/mol. The molecule has 0 spiro atoms. The molecule has 1 aliphatic rings. The Balaban J connectivity index is 0.00000261. The lowest BCUT2D eigenvalue weighted by Crippen LogP contribution is -2.40. The van der Waals surface area contributed by atoms with E-state index in [4.69, 9.17) is 4.74 Å². The summed E-state index contributed by atoms with van der Waals surface area (Å²) < 4.78 is 33.1. The molecule has 0 bridgehead atoms. The third-order valence-electron chi connectivity index (χ3n) is 4.75. The maximum absolute atomic E-state index is 12.8. The van der Waals surface area contributed by atoms with Crippen molar-refractivity contribution in [2.45, 2.75) is 24.7 Å². The van der Waals surface area contributed by atoms with Crippen LogP contribution in [-0.4, -0.2) is 39.4 Å². The third-order valence-corrected chi connectivity index (χ3v) is 6.67. The van der Waals surface area contributed by atoms with Crippen molar-refractivity contribution >= 4 is 22.4 Å². The van der Waals surface area contributed by atoms with Gasteiger partial charge in [-0.3, -0.25) is 0 Å². The Morgan fingerprint density at radius 2 is 1.74 bits per heavy atom. The lowest BCUT2D eigenvalue weighted by Gasteiger charge is -2.31. The Morgan fingerprint density at radius 3 is 2.33 bits per heavy atom. The number of sulfonamides is 1. The molecular formula is C20H27ClN2O3S. The average molecular weight is 411 g/mol. The van der Waals surface area contributed by atoms with E-state index in [2.05, 4.69) is 5.32 Å². The fourth-order valence-electron chi connectivity index (χ4n) is 3.29. The number of benzene rings is 2. The first kappa shape index (κ1) is 21.7. The van der Waals surface area contributed by atoms with Gasteiger partial charge >= 0.3 is 0 Å². The highest BCUT2D eigenvalue weighted by Gasteiger charge is 2.29. The van der Waals surface area contributed by atoms with Crippen molar-refractivity contribution in [3.05, 3.63) is 54.1 Å². The first-order chi connectivity index (χ1) is 12.5. The number of halogens is 1. The van der Waals surface area contributed by atoms with Crippen molar-refractivity contribution in [3.8, 4) is 11.5 Å². The van der Waals surface area contributed by atoms with Crippen molar-refractivity contribution in [1.82, 2.24) is 9.62 Å². The molecule has 0 saturated carbocycles. The molecule has 27 heavy (non-hydrogen) atoms. The largest absolute Gasteiger partial charge is 0.457 e. The molecule has 0 unspecified atom stereocenters. The molecule has 2 aromatic carbocycles. The minimum atomic E-state index is -3.44. The lowest BCUT2D eigenvalue weighted by atomic mass is 9.98. The molecule has 0 aromatic heterocycles. The van der Waals surface area contributed by atoms with Crippen LogP contribution in [-0.2, 0) is 10.0 Å². The number of hydrogen-bond donors (Lipinski definition) is 1. The fourth-order valence-corrected chi connectivity index (χ4v) is 4.76. The van der Waals surface area contributed by atoms with Gasteiger partial charge in [0.2, 0.25) is 10.0 Å². The van der Waals surface area contributed by atoms with E-state index in [1.54, 1.807) is 28.6 Å². The molecule has 1 fully saturated rings. The van der Waals surface area contributed by atoms with E-state index < -0.39 is 10.0 Å². The first-order valence-corrected chi connectivity index (χ1v) is 10.4. The number of nitrogens with one attached hydrogen (secondary N) is 1. The van der Waals surface area contributed by atoms with Crippen LogP contribution in [0.25, 0.3) is 0 Å². The number of hydrogen-bond acceptors (Lipinski definition) is 4. The zero-order valence-electron chi connectivity index (χ0n) is 15.7. The zero-order chi connectivity index (χ0) is 18.6. The maximum Gasteiger partial charge on any atom is 0.243 e. The van der Waals surface area contributed by atoms with Crippen molar-refractivity contribution < 1.29 is 13.2 Å². The van der Waals surface area contributed by atoms with Crippen LogP contribution in [0, 0.1) is 12.8 Å². The number of piperidine rings is 1. The highest BCUT2D eigenvalue weighted by molar-refractivity contribution is 7.89. The third kappa shape index (κ3) is 5.45. The van der Waals surface area contributed by atoms with Gasteiger partial charge in [-0.15, -0.1) is 12.4 Å². The second-order valence-electron chi connectivity index (χ2n) is 6.80. The minimum absolute atomic E-state index is 0. The van der Waals surface area contributed by atoms with Gasteiger partial charge < -0.3 is 10.1 Å². The predicted molar refractivity (Wildman–Crippen MR) is 110 cm³/mol. The first-order valence-electron chi connectivity index (χ1n) is 8.98. The molecule has 1 aliphatic heterocycles. The predicted octanol–water partition coefficient (Wildman–Crippen LogP) is 3.83. The fraction of sp³-hybridized carbons (Fsp3) is 0.400. The minimum Gasteiger partial charge on any atom is -0.457 e. The Bertz CT molecular complexity index is 833. The second kappa shape index (κ2) is 9.55. The SMILES string of the molecule is CNCC1CCN(S(=O)(=O)c2ccc(Oc3cccc(C)c3)cc2)CC1.Cl. The Labute approximate surface area is 168 Å². The molecule has 148 valence electrons. The maximum atomic E-state index is 12.8. The van der Waals surface area contributed by atoms with Crippen molar-refractivity contribution in [2.75, 3.05) is 26.7 Å². The lowest BCUT2D eigenvalue weighted by molar-refractivity contribution is 0.270. The van der Waals surface area contributed by atoms with Gasteiger partial charge in [-0.25, -0.2) is 8.42 Å². The molecular weight excluding hydrogens is 384 g/mol. The van der Waals surface area contributed by atoms with Crippen LogP contribution in [0.1, 0.15) is 18.4 Å². The van der Waals surface area contributed by atoms with E-state index in [9.17, 15) is 8.42 Å². The molecule has 0 amide bonds. The second-order valence-corrected chi connectivity index (χ2v) is 8.73. The Morgan fingerprint density at radius 1 is 1.07 bits per heavy atom. The van der Waals surface area contributed by atoms with Gasteiger partial charge in [0, 0.05) is 13.1 Å². The molecule has 7 heteroatoms. The number of ether oxygens (including phenoxy) is 1. The van der Waals surface area contributed by atoms with Crippen molar-refractivity contribution in [3.63, 3.8) is 0 Å². The molecule has 3 rings (SSSR count). The average Bonchev–Trinajstić information content (AvgIpc) is 2.63. The quantitative estimate of drug-likeness (QED) is 0.786. The van der Waals surface area contributed by atoms with Gasteiger partial charge in [-0.05, 0) is 81.2 Å². The van der Waals surface area contributed by atoms with Gasteiger partial charge in [0.05, 0.1) is 4.90 Å². The summed E-state index contributed by atoms with van der Waals surface area (Å²) in [4.78, 5) is 0.321. The van der Waals surface area contributed by atoms with Crippen LogP contribution in [0.15, 0.2) is 53.4 Å². The molecule has 0 radical (unpaired) electrons. The van der Waals surface area contributed by atoms with E-state index in [-0.39, 0.29) is 12.4 Å². The summed E-state index contributed by atoms with van der Waals surface area (Å²) in [7, 11) is -1.51. The zero-order valence-corrected chi connectivity index (χ0v) is 17.4. The van der Waals surface area contributed by atoms with Crippen LogP contribution in [0.4, 0.5) is 0 Å². The molecule has 0 atom stereocenters. The van der Waals surface area contributed by atoms with Crippen LogP contribution in [0.5, 0.6) is 11.5 Å². The summed E-state index contributed by atoms with van der Waals surface area (Å²) in [5.74, 6) is 1.92. The number of nitrogens with zero attached hydrogens (tertiary/aromatic N) is 1. The van der Waals surface area contributed by atoms with E-state index in [1.807, 2.05) is 38.2 Å². The summed E-state index contributed by atoms with van der Waals surface area (Å²) in [6.45, 7) is 4.10. The standard InChI is InChI=1S/C20H26N2O3S.ClH/c1-16-4-3-5-19(14-16)25-18-6-8-20(9-7-18)26(23,24)22-12-10-17(11-13-22)15-21-2;/h3-9,14,17,21H,10-13,15H2,1-2H3;1H. The van der Waals surface area contributed by atoms with Gasteiger partial charge in [0.15, 0.2) is 0 Å². The highest BCUT2D eigenvalue weighted by Crippen LogP contribution is 2.27. The van der Waals surface area contributed by atoms with Gasteiger partial charge in [-0.2, -0.15) is 4.31 Å². The van der Waals surface area contributed by atoms with Gasteiger partial charge in [0.25, 0.3) is 0 Å². The van der Waals surface area contributed by atoms with Crippen LogP contribution in [0.2, 0.25) is 0 Å². The van der Waals surface area contributed by atoms with Crippen LogP contribution >= 0.6 is 12.4 Å². The van der Waals surface area contributed by atoms with Gasteiger partial charge in [-0.1, -0.05) is 12.1 Å². The van der Waals surface area contributed by atoms with E-state index >= 15 is 0 Å². The van der Waals surface area contributed by atoms with Crippen LogP contribution in [0.3, 0.4) is 0 Å². The van der Waals surface area contributed by atoms with Crippen molar-refractivity contribution in [1.29, 1.82) is 0 Å². The molecule has 1 N–H and O–H groups in total. The summed E-state index contributed by atoms with van der Waals surface area (Å²) >= 11 is 0. The molecule has 1 heterocycles. The summed E-state index contributed by atoms with van der Waals surface area (Å²) in [6.07, 6.45) is 1.79. The van der Waals surface area contributed by atoms with E-state index in [0.29, 0.717) is 29.7 Å².